The van der Waals surface area contributed by atoms with E-state index < -0.39 is 0 Å². The predicted molar refractivity (Wildman–Crippen MR) is 93.2 cm³/mol. The van der Waals surface area contributed by atoms with Gasteiger partial charge in [-0.3, -0.25) is 0 Å². The highest BCUT2D eigenvalue weighted by Crippen LogP contribution is 2.29. The van der Waals surface area contributed by atoms with Gasteiger partial charge in [0, 0.05) is 13.1 Å². The number of benzene rings is 1. The second-order valence-electron chi connectivity index (χ2n) is 5.71. The molecule has 5 heteroatoms. The van der Waals surface area contributed by atoms with Crippen LogP contribution in [0.1, 0.15) is 24.3 Å². The van der Waals surface area contributed by atoms with Crippen molar-refractivity contribution in [1.29, 1.82) is 0 Å². The molecule has 0 spiro atoms. The van der Waals surface area contributed by atoms with E-state index in [0.717, 1.165) is 31.7 Å². The molecule has 2 heterocycles. The molecule has 1 aromatic heterocycles. The van der Waals surface area contributed by atoms with Crippen LogP contribution in [-0.2, 0) is 0 Å². The summed E-state index contributed by atoms with van der Waals surface area (Å²) in [5, 5.41) is 7.29. The van der Waals surface area contributed by atoms with E-state index in [2.05, 4.69) is 22.1 Å². The quantitative estimate of drug-likeness (QED) is 0.849. The first-order chi connectivity index (χ1) is 11.3. The fourth-order valence-electron chi connectivity index (χ4n) is 2.88. The summed E-state index contributed by atoms with van der Waals surface area (Å²) >= 11 is 1.75. The first-order valence-corrected chi connectivity index (χ1v) is 9.00. The van der Waals surface area contributed by atoms with Gasteiger partial charge in [-0.15, -0.1) is 0 Å². The van der Waals surface area contributed by atoms with Gasteiger partial charge in [-0.05, 0) is 53.3 Å². The molecule has 1 fully saturated rings. The van der Waals surface area contributed by atoms with Crippen LogP contribution in [-0.4, -0.2) is 37.2 Å². The fraction of sp³-hybridized carbons (Fsp3) is 0.389. The molecular weight excluding hydrogens is 308 g/mol. The molecule has 3 rings (SSSR count). The number of piperidine rings is 1. The molecule has 0 bridgehead atoms. The molecule has 0 radical (unpaired) electrons. The van der Waals surface area contributed by atoms with Crippen LogP contribution < -0.4 is 10.1 Å². The molecule has 0 atom stereocenters. The van der Waals surface area contributed by atoms with Gasteiger partial charge in [-0.25, -0.2) is 4.79 Å². The number of nitrogens with zero attached hydrogens (tertiary/aromatic N) is 1. The molecule has 122 valence electrons. The number of carbonyl (C=O) groups is 1. The standard InChI is InChI=1S/C18H22N2O2S/c21-18(19-9-12-22-17-4-2-1-3-5-17)20-10-6-15(7-11-20)16-8-13-23-14-16/h1-5,8,13-15H,6-7,9-12H2,(H,19,21). The first-order valence-electron chi connectivity index (χ1n) is 8.05. The maximum atomic E-state index is 12.2. The lowest BCUT2D eigenvalue weighted by Gasteiger charge is -2.31. The Labute approximate surface area is 141 Å². The maximum Gasteiger partial charge on any atom is 0.317 e. The van der Waals surface area contributed by atoms with Crippen LogP contribution in [0.3, 0.4) is 0 Å². The highest BCUT2D eigenvalue weighted by molar-refractivity contribution is 7.07. The lowest BCUT2D eigenvalue weighted by Crippen LogP contribution is -2.45. The fourth-order valence-corrected chi connectivity index (χ4v) is 3.62. The normalized spacial score (nSPS) is 15.4. The highest BCUT2D eigenvalue weighted by atomic mass is 32.1. The average Bonchev–Trinajstić information content (AvgIpc) is 3.14. The predicted octanol–water partition coefficient (Wildman–Crippen LogP) is 3.72. The summed E-state index contributed by atoms with van der Waals surface area (Å²) in [7, 11) is 0. The van der Waals surface area contributed by atoms with Crippen molar-refractivity contribution < 1.29 is 9.53 Å². The van der Waals surface area contributed by atoms with Crippen molar-refractivity contribution in [2.75, 3.05) is 26.2 Å². The van der Waals surface area contributed by atoms with Gasteiger partial charge in [0.1, 0.15) is 12.4 Å². The molecule has 2 aromatic rings. The summed E-state index contributed by atoms with van der Waals surface area (Å²) in [6.07, 6.45) is 2.09. The van der Waals surface area contributed by atoms with E-state index in [-0.39, 0.29) is 6.03 Å². The van der Waals surface area contributed by atoms with Gasteiger partial charge in [0.25, 0.3) is 0 Å². The summed E-state index contributed by atoms with van der Waals surface area (Å²) in [4.78, 5) is 14.1. The molecule has 0 aliphatic carbocycles. The molecule has 1 saturated heterocycles. The Morgan fingerprint density at radius 3 is 2.70 bits per heavy atom. The second kappa shape index (κ2) is 8.02. The number of ether oxygens (including phenoxy) is 1. The number of nitrogens with one attached hydrogen (secondary N) is 1. The summed E-state index contributed by atoms with van der Waals surface area (Å²) in [5.74, 6) is 1.44. The Balaban J connectivity index is 1.35. The minimum atomic E-state index is 0.0189. The van der Waals surface area contributed by atoms with E-state index in [0.29, 0.717) is 19.1 Å². The number of hydrogen-bond acceptors (Lipinski definition) is 3. The summed E-state index contributed by atoms with van der Waals surface area (Å²) in [6.45, 7) is 2.66. The molecule has 1 aromatic carbocycles. The Morgan fingerprint density at radius 2 is 2.00 bits per heavy atom. The van der Waals surface area contributed by atoms with E-state index in [9.17, 15) is 4.79 Å². The minimum Gasteiger partial charge on any atom is -0.492 e. The van der Waals surface area contributed by atoms with Crippen LogP contribution in [0.4, 0.5) is 4.79 Å². The van der Waals surface area contributed by atoms with E-state index in [1.165, 1.54) is 5.56 Å². The van der Waals surface area contributed by atoms with Crippen LogP contribution in [0.2, 0.25) is 0 Å². The zero-order valence-electron chi connectivity index (χ0n) is 13.1. The molecule has 1 aliphatic heterocycles. The molecule has 1 N–H and O–H groups in total. The minimum absolute atomic E-state index is 0.0189. The smallest absolute Gasteiger partial charge is 0.317 e. The largest absolute Gasteiger partial charge is 0.492 e. The summed E-state index contributed by atoms with van der Waals surface area (Å²) < 4.78 is 5.58. The van der Waals surface area contributed by atoms with Crippen molar-refractivity contribution in [3.8, 4) is 5.75 Å². The Hall–Kier alpha value is -2.01. The van der Waals surface area contributed by atoms with Crippen LogP contribution in [0.25, 0.3) is 0 Å². The number of hydrogen-bond donors (Lipinski definition) is 1. The lowest BCUT2D eigenvalue weighted by molar-refractivity contribution is 0.179. The second-order valence-corrected chi connectivity index (χ2v) is 6.49. The highest BCUT2D eigenvalue weighted by Gasteiger charge is 2.23. The van der Waals surface area contributed by atoms with Crippen molar-refractivity contribution in [1.82, 2.24) is 10.2 Å². The Bertz CT molecular complexity index is 593. The van der Waals surface area contributed by atoms with E-state index >= 15 is 0 Å². The maximum absolute atomic E-state index is 12.2. The molecule has 23 heavy (non-hydrogen) atoms. The van der Waals surface area contributed by atoms with Crippen molar-refractivity contribution in [2.24, 2.45) is 0 Å². The number of carbonyl (C=O) groups excluding carboxylic acids is 1. The number of likely N-dealkylation sites (tertiary alicyclic amines) is 1. The van der Waals surface area contributed by atoms with E-state index in [1.54, 1.807) is 11.3 Å². The molecular formula is C18H22N2O2S. The monoisotopic (exact) mass is 330 g/mol. The zero-order chi connectivity index (χ0) is 15.9. The van der Waals surface area contributed by atoms with E-state index in [4.69, 9.17) is 4.74 Å². The van der Waals surface area contributed by atoms with Gasteiger partial charge < -0.3 is 15.0 Å². The van der Waals surface area contributed by atoms with Gasteiger partial charge in [0.15, 0.2) is 0 Å². The van der Waals surface area contributed by atoms with Crippen molar-refractivity contribution in [3.63, 3.8) is 0 Å². The third-order valence-electron chi connectivity index (χ3n) is 4.19. The topological polar surface area (TPSA) is 41.6 Å². The van der Waals surface area contributed by atoms with Crippen molar-refractivity contribution in [2.45, 2.75) is 18.8 Å². The molecule has 0 saturated carbocycles. The van der Waals surface area contributed by atoms with Crippen LogP contribution in [0.15, 0.2) is 47.2 Å². The summed E-state index contributed by atoms with van der Waals surface area (Å²) in [6, 6.07) is 11.9. The molecule has 4 nitrogen and oxygen atoms in total. The average molecular weight is 330 g/mol. The molecule has 1 aliphatic rings. The SMILES string of the molecule is O=C(NCCOc1ccccc1)N1CCC(c2ccsc2)CC1. The van der Waals surface area contributed by atoms with Crippen LogP contribution in [0, 0.1) is 0 Å². The van der Waals surface area contributed by atoms with E-state index in [1.807, 2.05) is 35.2 Å². The number of rotatable bonds is 5. The first kappa shape index (κ1) is 15.9. The number of thiophene rings is 1. The zero-order valence-corrected chi connectivity index (χ0v) is 13.9. The van der Waals surface area contributed by atoms with Gasteiger partial charge in [0.2, 0.25) is 0 Å². The third-order valence-corrected chi connectivity index (χ3v) is 4.89. The lowest BCUT2D eigenvalue weighted by atomic mass is 9.91. The Kier molecular flexibility index (Phi) is 5.53. The van der Waals surface area contributed by atoms with Crippen molar-refractivity contribution in [3.05, 3.63) is 52.7 Å². The number of para-hydroxylation sites is 1. The van der Waals surface area contributed by atoms with Gasteiger partial charge in [-0.1, -0.05) is 18.2 Å². The van der Waals surface area contributed by atoms with Gasteiger partial charge >= 0.3 is 6.03 Å². The van der Waals surface area contributed by atoms with Crippen LogP contribution >= 0.6 is 11.3 Å². The van der Waals surface area contributed by atoms with Gasteiger partial charge in [-0.2, -0.15) is 11.3 Å². The number of amides is 2. The van der Waals surface area contributed by atoms with Gasteiger partial charge in [0.05, 0.1) is 6.54 Å². The van der Waals surface area contributed by atoms with Crippen molar-refractivity contribution >= 4 is 17.4 Å². The molecule has 0 unspecified atom stereocenters. The number of urea groups is 1. The Morgan fingerprint density at radius 1 is 1.22 bits per heavy atom. The third kappa shape index (κ3) is 4.48. The van der Waals surface area contributed by atoms with Crippen LogP contribution in [0.5, 0.6) is 5.75 Å². The molecule has 2 amide bonds. The summed E-state index contributed by atoms with van der Waals surface area (Å²) in [5.41, 5.74) is 1.42.